The van der Waals surface area contributed by atoms with Crippen molar-refractivity contribution in [2.75, 3.05) is 5.73 Å². The molecule has 19 heavy (non-hydrogen) atoms. The van der Waals surface area contributed by atoms with E-state index in [-0.39, 0.29) is 0 Å². The standard InChI is InChI=1S/C14H13N5/c1-3-17-13(16-2)10-7-11(9-12(15)8-10)14-18-5-4-6-19-14/h3-9H,1-2,15H2. The van der Waals surface area contributed by atoms with E-state index in [1.807, 2.05) is 6.07 Å². The number of nitrogen functional groups attached to an aromatic ring is 1. The van der Waals surface area contributed by atoms with Gasteiger partial charge in [0, 0.05) is 35.4 Å². The number of nitrogens with zero attached hydrogens (tertiary/aromatic N) is 4. The SMILES string of the molecule is C=CN=C(N=C)c1cc(N)cc(-c2ncccn2)c1. The Bertz CT molecular complexity index is 632. The van der Waals surface area contributed by atoms with Crippen LogP contribution in [0.1, 0.15) is 5.56 Å². The van der Waals surface area contributed by atoms with Crippen molar-refractivity contribution in [2.24, 2.45) is 9.98 Å². The number of amidine groups is 1. The maximum atomic E-state index is 5.89. The van der Waals surface area contributed by atoms with Gasteiger partial charge in [0.15, 0.2) is 11.7 Å². The van der Waals surface area contributed by atoms with Gasteiger partial charge < -0.3 is 5.73 Å². The lowest BCUT2D eigenvalue weighted by Crippen LogP contribution is -1.99. The second-order valence-corrected chi connectivity index (χ2v) is 3.71. The molecule has 94 valence electrons. The van der Waals surface area contributed by atoms with Crippen LogP contribution in [0.15, 0.2) is 59.4 Å². The van der Waals surface area contributed by atoms with E-state index in [1.165, 1.54) is 6.20 Å². The Morgan fingerprint density at radius 2 is 1.95 bits per heavy atom. The molecule has 0 spiro atoms. The van der Waals surface area contributed by atoms with Crippen molar-refractivity contribution in [1.82, 2.24) is 9.97 Å². The first-order valence-corrected chi connectivity index (χ1v) is 5.58. The Morgan fingerprint density at radius 1 is 1.21 bits per heavy atom. The van der Waals surface area contributed by atoms with E-state index < -0.39 is 0 Å². The van der Waals surface area contributed by atoms with E-state index in [2.05, 4.69) is 33.2 Å². The molecule has 0 fully saturated rings. The predicted molar refractivity (Wildman–Crippen MR) is 78.2 cm³/mol. The molecule has 0 aliphatic carbocycles. The summed E-state index contributed by atoms with van der Waals surface area (Å²) < 4.78 is 0. The van der Waals surface area contributed by atoms with E-state index in [0.29, 0.717) is 17.3 Å². The van der Waals surface area contributed by atoms with Gasteiger partial charge in [0.25, 0.3) is 0 Å². The third-order valence-electron chi connectivity index (χ3n) is 2.40. The van der Waals surface area contributed by atoms with Crippen LogP contribution in [0.3, 0.4) is 0 Å². The minimum Gasteiger partial charge on any atom is -0.399 e. The fourth-order valence-corrected chi connectivity index (χ4v) is 1.65. The minimum absolute atomic E-state index is 0.458. The summed E-state index contributed by atoms with van der Waals surface area (Å²) in [6, 6.07) is 7.19. The number of anilines is 1. The van der Waals surface area contributed by atoms with Crippen LogP contribution in [0.25, 0.3) is 11.4 Å². The normalized spacial score (nSPS) is 11.1. The quantitative estimate of drug-likeness (QED) is 0.516. The lowest BCUT2D eigenvalue weighted by atomic mass is 10.1. The van der Waals surface area contributed by atoms with Gasteiger partial charge in [-0.1, -0.05) is 6.58 Å². The van der Waals surface area contributed by atoms with Gasteiger partial charge in [0.05, 0.1) is 0 Å². The van der Waals surface area contributed by atoms with Gasteiger partial charge in [-0.05, 0) is 31.0 Å². The summed E-state index contributed by atoms with van der Waals surface area (Å²) in [7, 11) is 0. The molecule has 5 heteroatoms. The smallest absolute Gasteiger partial charge is 0.159 e. The van der Waals surface area contributed by atoms with Gasteiger partial charge in [-0.15, -0.1) is 0 Å². The zero-order valence-electron chi connectivity index (χ0n) is 10.3. The molecule has 5 nitrogen and oxygen atoms in total. The van der Waals surface area contributed by atoms with E-state index in [9.17, 15) is 0 Å². The molecule has 0 aliphatic rings. The highest BCUT2D eigenvalue weighted by atomic mass is 14.9. The third-order valence-corrected chi connectivity index (χ3v) is 2.40. The first-order chi connectivity index (χ1) is 9.24. The molecule has 0 unspecified atom stereocenters. The van der Waals surface area contributed by atoms with Gasteiger partial charge in [-0.25, -0.2) is 20.0 Å². The molecular weight excluding hydrogens is 238 g/mol. The van der Waals surface area contributed by atoms with Crippen LogP contribution in [-0.4, -0.2) is 22.5 Å². The Kier molecular flexibility index (Phi) is 3.78. The molecule has 1 aromatic carbocycles. The van der Waals surface area contributed by atoms with Gasteiger partial charge >= 0.3 is 0 Å². The summed E-state index contributed by atoms with van der Waals surface area (Å²) in [6.45, 7) is 7.03. The number of aliphatic imine (C=N–C) groups is 2. The second kappa shape index (κ2) is 5.68. The Hall–Kier alpha value is -2.82. The molecule has 1 heterocycles. The highest BCUT2D eigenvalue weighted by Gasteiger charge is 2.07. The number of nitrogens with two attached hydrogens (primary N) is 1. The molecule has 2 aromatic rings. The van der Waals surface area contributed by atoms with Gasteiger partial charge in [-0.2, -0.15) is 0 Å². The van der Waals surface area contributed by atoms with Crippen molar-refractivity contribution in [3.05, 3.63) is 55.0 Å². The molecule has 2 N–H and O–H groups in total. The fraction of sp³-hybridized carbons (Fsp3) is 0. The van der Waals surface area contributed by atoms with Crippen molar-refractivity contribution >= 4 is 18.2 Å². The molecule has 1 aromatic heterocycles. The van der Waals surface area contributed by atoms with Gasteiger partial charge in [0.1, 0.15) is 0 Å². The lowest BCUT2D eigenvalue weighted by molar-refractivity contribution is 1.18. The van der Waals surface area contributed by atoms with Gasteiger partial charge in [-0.3, -0.25) is 0 Å². The van der Waals surface area contributed by atoms with Crippen molar-refractivity contribution in [1.29, 1.82) is 0 Å². The van der Waals surface area contributed by atoms with Crippen LogP contribution in [-0.2, 0) is 0 Å². The summed E-state index contributed by atoms with van der Waals surface area (Å²) in [5.41, 5.74) is 8.02. The van der Waals surface area contributed by atoms with Crippen LogP contribution < -0.4 is 5.73 Å². The highest BCUT2D eigenvalue weighted by molar-refractivity contribution is 6.03. The Morgan fingerprint density at radius 3 is 2.58 bits per heavy atom. The molecule has 0 bridgehead atoms. The third kappa shape index (κ3) is 2.90. The predicted octanol–water partition coefficient (Wildman–Crippen LogP) is 2.32. The maximum Gasteiger partial charge on any atom is 0.159 e. The van der Waals surface area contributed by atoms with E-state index in [4.69, 9.17) is 5.73 Å². The van der Waals surface area contributed by atoms with Crippen LogP contribution in [0.4, 0.5) is 5.69 Å². The minimum atomic E-state index is 0.458. The average molecular weight is 251 g/mol. The number of hydrogen-bond acceptors (Lipinski definition) is 4. The number of benzene rings is 1. The lowest BCUT2D eigenvalue weighted by Gasteiger charge is -2.06. The summed E-state index contributed by atoms with van der Waals surface area (Å²) in [6.07, 6.45) is 4.76. The topological polar surface area (TPSA) is 76.5 Å². The number of rotatable bonds is 3. The fourth-order valence-electron chi connectivity index (χ4n) is 1.65. The summed E-state index contributed by atoms with van der Waals surface area (Å²) in [5, 5.41) is 0. The monoisotopic (exact) mass is 251 g/mol. The zero-order valence-corrected chi connectivity index (χ0v) is 10.3. The molecule has 0 saturated carbocycles. The van der Waals surface area contributed by atoms with E-state index in [0.717, 1.165) is 11.1 Å². The molecule has 0 aliphatic heterocycles. The number of hydrogen-bond donors (Lipinski definition) is 1. The van der Waals surface area contributed by atoms with Gasteiger partial charge in [0.2, 0.25) is 0 Å². The van der Waals surface area contributed by atoms with Crippen molar-refractivity contribution in [2.45, 2.75) is 0 Å². The van der Waals surface area contributed by atoms with Crippen LogP contribution >= 0.6 is 0 Å². The molecule has 0 saturated heterocycles. The van der Waals surface area contributed by atoms with E-state index >= 15 is 0 Å². The van der Waals surface area contributed by atoms with Crippen LogP contribution in [0, 0.1) is 0 Å². The number of aromatic nitrogens is 2. The first kappa shape index (κ1) is 12.6. The summed E-state index contributed by atoms with van der Waals surface area (Å²) in [4.78, 5) is 16.3. The van der Waals surface area contributed by atoms with E-state index in [1.54, 1.807) is 30.6 Å². The molecule has 0 amide bonds. The summed E-state index contributed by atoms with van der Waals surface area (Å²) >= 11 is 0. The largest absolute Gasteiger partial charge is 0.399 e. The van der Waals surface area contributed by atoms with Crippen molar-refractivity contribution < 1.29 is 0 Å². The molecule has 2 rings (SSSR count). The van der Waals surface area contributed by atoms with Crippen LogP contribution in [0.5, 0.6) is 0 Å². The molecular formula is C14H13N5. The van der Waals surface area contributed by atoms with Crippen molar-refractivity contribution in [3.8, 4) is 11.4 Å². The Labute approximate surface area is 111 Å². The average Bonchev–Trinajstić information content (AvgIpc) is 2.45. The first-order valence-electron chi connectivity index (χ1n) is 5.58. The Balaban J connectivity index is 2.55. The summed E-state index contributed by atoms with van der Waals surface area (Å²) in [5.74, 6) is 1.05. The maximum absolute atomic E-state index is 5.89. The van der Waals surface area contributed by atoms with Crippen LogP contribution in [0.2, 0.25) is 0 Å². The van der Waals surface area contributed by atoms with Crippen molar-refractivity contribution in [3.63, 3.8) is 0 Å². The molecule has 0 radical (unpaired) electrons. The highest BCUT2D eigenvalue weighted by Crippen LogP contribution is 2.21. The second-order valence-electron chi connectivity index (χ2n) is 3.71. The zero-order chi connectivity index (χ0) is 13.7. The molecule has 0 atom stereocenters.